The highest BCUT2D eigenvalue weighted by molar-refractivity contribution is 5.69. The first-order valence-corrected chi connectivity index (χ1v) is 14.1. The average molecular weight is 465 g/mol. The van der Waals surface area contributed by atoms with Crippen molar-refractivity contribution in [2.24, 2.45) is 0 Å². The number of ether oxygens (including phenoxy) is 1. The van der Waals surface area contributed by atoms with Crippen molar-refractivity contribution < 1.29 is 9.53 Å². The molecule has 0 fully saturated rings. The van der Waals surface area contributed by atoms with E-state index in [1.807, 2.05) is 0 Å². The van der Waals surface area contributed by atoms with Crippen LogP contribution in [0.15, 0.2) is 60.7 Å². The molecule has 0 unspecified atom stereocenters. The van der Waals surface area contributed by atoms with E-state index in [4.69, 9.17) is 4.74 Å². The van der Waals surface area contributed by atoms with Crippen LogP contribution in [0.4, 0.5) is 0 Å². The van der Waals surface area contributed by atoms with Crippen LogP contribution in [-0.2, 0) is 22.4 Å². The fourth-order valence-electron chi connectivity index (χ4n) is 4.52. The topological polar surface area (TPSA) is 26.3 Å². The van der Waals surface area contributed by atoms with Gasteiger partial charge in [0.1, 0.15) is 0 Å². The van der Waals surface area contributed by atoms with Gasteiger partial charge < -0.3 is 4.74 Å². The Morgan fingerprint density at radius 1 is 0.471 bits per heavy atom. The maximum Gasteiger partial charge on any atom is 0.305 e. The molecule has 0 aliphatic heterocycles. The summed E-state index contributed by atoms with van der Waals surface area (Å²) in [7, 11) is 0. The summed E-state index contributed by atoms with van der Waals surface area (Å²) in [4.78, 5) is 11.9. The van der Waals surface area contributed by atoms with Crippen LogP contribution < -0.4 is 0 Å². The summed E-state index contributed by atoms with van der Waals surface area (Å²) < 4.78 is 5.41. The molecule has 0 aromatic heterocycles. The molecular weight excluding hydrogens is 416 g/mol. The minimum atomic E-state index is 0.00118. The fourth-order valence-corrected chi connectivity index (χ4v) is 4.52. The van der Waals surface area contributed by atoms with E-state index in [0.29, 0.717) is 13.0 Å². The zero-order valence-electron chi connectivity index (χ0n) is 21.5. The number of unbranched alkanes of at least 4 members (excludes halogenated alkanes) is 13. The third-order valence-electron chi connectivity index (χ3n) is 6.65. The van der Waals surface area contributed by atoms with Crippen LogP contribution >= 0.6 is 0 Å². The Labute approximate surface area is 209 Å². The van der Waals surface area contributed by atoms with Crippen molar-refractivity contribution >= 4 is 5.97 Å². The molecule has 0 saturated heterocycles. The highest BCUT2D eigenvalue weighted by atomic mass is 16.5. The first-order valence-electron chi connectivity index (χ1n) is 14.1. The smallest absolute Gasteiger partial charge is 0.305 e. The minimum absolute atomic E-state index is 0.00118. The summed E-state index contributed by atoms with van der Waals surface area (Å²) in [6.45, 7) is 0.608. The van der Waals surface area contributed by atoms with Crippen molar-refractivity contribution in [3.05, 3.63) is 71.8 Å². The number of hydrogen-bond acceptors (Lipinski definition) is 2. The maximum absolute atomic E-state index is 11.9. The van der Waals surface area contributed by atoms with Gasteiger partial charge in [-0.15, -0.1) is 0 Å². The molecule has 0 bridgehead atoms. The molecule has 2 rings (SSSR count). The largest absolute Gasteiger partial charge is 0.466 e. The van der Waals surface area contributed by atoms with Crippen molar-refractivity contribution in [1.82, 2.24) is 0 Å². The Hall–Kier alpha value is -2.09. The Balaban J connectivity index is 1.25. The van der Waals surface area contributed by atoms with E-state index in [9.17, 15) is 4.79 Å². The summed E-state index contributed by atoms with van der Waals surface area (Å²) >= 11 is 0. The molecular formula is C32H48O2. The normalized spacial score (nSPS) is 10.9. The van der Waals surface area contributed by atoms with Gasteiger partial charge in [0, 0.05) is 6.42 Å². The Bertz CT molecular complexity index is 710. The van der Waals surface area contributed by atoms with E-state index in [1.165, 1.54) is 101 Å². The minimum Gasteiger partial charge on any atom is -0.466 e. The summed E-state index contributed by atoms with van der Waals surface area (Å²) in [5, 5.41) is 0. The monoisotopic (exact) mass is 464 g/mol. The van der Waals surface area contributed by atoms with E-state index < -0.39 is 0 Å². The van der Waals surface area contributed by atoms with E-state index >= 15 is 0 Å². The van der Waals surface area contributed by atoms with Crippen molar-refractivity contribution in [1.29, 1.82) is 0 Å². The van der Waals surface area contributed by atoms with Crippen LogP contribution in [0.3, 0.4) is 0 Å². The zero-order chi connectivity index (χ0) is 23.9. The zero-order valence-corrected chi connectivity index (χ0v) is 21.5. The Morgan fingerprint density at radius 3 is 1.32 bits per heavy atom. The van der Waals surface area contributed by atoms with Gasteiger partial charge in [-0.1, -0.05) is 131 Å². The summed E-state index contributed by atoms with van der Waals surface area (Å²) in [6, 6.07) is 21.6. The second-order valence-electron chi connectivity index (χ2n) is 9.74. The predicted molar refractivity (Wildman–Crippen MR) is 145 cm³/mol. The van der Waals surface area contributed by atoms with E-state index in [1.54, 1.807) is 0 Å². The molecule has 0 heterocycles. The molecule has 0 N–H and O–H groups in total. The Morgan fingerprint density at radius 2 is 0.853 bits per heavy atom. The number of benzene rings is 2. The molecule has 0 saturated carbocycles. The number of rotatable bonds is 21. The van der Waals surface area contributed by atoms with Gasteiger partial charge in [0.2, 0.25) is 0 Å². The average Bonchev–Trinajstić information content (AvgIpc) is 2.87. The molecule has 34 heavy (non-hydrogen) atoms. The number of esters is 1. The van der Waals surface area contributed by atoms with Crippen LogP contribution in [0.25, 0.3) is 0 Å². The highest BCUT2D eigenvalue weighted by Crippen LogP contribution is 2.13. The first-order chi connectivity index (χ1) is 16.8. The quantitative estimate of drug-likeness (QED) is 0.136. The van der Waals surface area contributed by atoms with Gasteiger partial charge in [0.05, 0.1) is 6.61 Å². The number of carbonyl (C=O) groups excluding carboxylic acids is 1. The molecule has 2 aromatic rings. The molecule has 0 aliphatic carbocycles. The molecule has 2 nitrogen and oxygen atoms in total. The first kappa shape index (κ1) is 28.1. The molecule has 188 valence electrons. The van der Waals surface area contributed by atoms with Gasteiger partial charge in [-0.3, -0.25) is 4.79 Å². The van der Waals surface area contributed by atoms with Crippen LogP contribution in [0, 0.1) is 0 Å². The number of aryl methyl sites for hydroxylation is 2. The highest BCUT2D eigenvalue weighted by Gasteiger charge is 2.03. The van der Waals surface area contributed by atoms with Crippen molar-refractivity contribution in [2.75, 3.05) is 6.61 Å². The molecule has 0 radical (unpaired) electrons. The predicted octanol–water partition coefficient (Wildman–Crippen LogP) is 9.26. The maximum atomic E-state index is 11.9. The van der Waals surface area contributed by atoms with E-state index in [-0.39, 0.29) is 5.97 Å². The molecule has 2 aromatic carbocycles. The third kappa shape index (κ3) is 15.7. The third-order valence-corrected chi connectivity index (χ3v) is 6.65. The Kier molecular flexibility index (Phi) is 16.8. The van der Waals surface area contributed by atoms with Crippen LogP contribution in [-0.4, -0.2) is 12.6 Å². The standard InChI is InChI=1S/C32H48O2/c33-32(28-20-10-6-3-5-9-15-23-31-26-18-13-19-27-31)34-29-21-11-7-2-1-4-8-14-22-30-24-16-12-17-25-30/h12-13,16-19,24-27H,1-11,14-15,20-23,28-29H2. The van der Waals surface area contributed by atoms with Crippen LogP contribution in [0.2, 0.25) is 0 Å². The van der Waals surface area contributed by atoms with Gasteiger partial charge in [-0.25, -0.2) is 0 Å². The summed E-state index contributed by atoms with van der Waals surface area (Å²) in [5.41, 5.74) is 2.91. The second-order valence-corrected chi connectivity index (χ2v) is 9.74. The van der Waals surface area contributed by atoms with Crippen molar-refractivity contribution in [3.8, 4) is 0 Å². The SMILES string of the molecule is O=C(CCCCCCCCCc1ccccc1)OCCCCCCCCCCc1ccccc1. The van der Waals surface area contributed by atoms with Crippen LogP contribution in [0.5, 0.6) is 0 Å². The number of carbonyl (C=O) groups is 1. The van der Waals surface area contributed by atoms with Gasteiger partial charge in [-0.05, 0) is 49.7 Å². The number of hydrogen-bond donors (Lipinski definition) is 0. The summed E-state index contributed by atoms with van der Waals surface area (Å²) in [5.74, 6) is 0.00118. The van der Waals surface area contributed by atoms with Gasteiger partial charge in [0.25, 0.3) is 0 Å². The van der Waals surface area contributed by atoms with E-state index in [0.717, 1.165) is 19.3 Å². The lowest BCUT2D eigenvalue weighted by atomic mass is 10.0. The molecule has 0 amide bonds. The van der Waals surface area contributed by atoms with Gasteiger partial charge in [-0.2, -0.15) is 0 Å². The van der Waals surface area contributed by atoms with Gasteiger partial charge in [0.15, 0.2) is 0 Å². The lowest BCUT2D eigenvalue weighted by Gasteiger charge is -2.06. The van der Waals surface area contributed by atoms with Crippen molar-refractivity contribution in [3.63, 3.8) is 0 Å². The van der Waals surface area contributed by atoms with E-state index in [2.05, 4.69) is 60.7 Å². The lowest BCUT2D eigenvalue weighted by molar-refractivity contribution is -0.143. The molecule has 0 aliphatic rings. The second kappa shape index (κ2) is 20.3. The molecule has 0 atom stereocenters. The molecule has 2 heteroatoms. The summed E-state index contributed by atoms with van der Waals surface area (Å²) in [6.07, 6.45) is 21.7. The molecule has 0 spiro atoms. The fraction of sp³-hybridized carbons (Fsp3) is 0.594. The van der Waals surface area contributed by atoms with Crippen LogP contribution in [0.1, 0.15) is 114 Å². The van der Waals surface area contributed by atoms with Gasteiger partial charge >= 0.3 is 5.97 Å². The lowest BCUT2D eigenvalue weighted by Crippen LogP contribution is -2.05. The van der Waals surface area contributed by atoms with Crippen molar-refractivity contribution in [2.45, 2.75) is 116 Å².